The topological polar surface area (TPSA) is 61.4 Å². The van der Waals surface area contributed by atoms with E-state index in [2.05, 4.69) is 74.7 Å². The van der Waals surface area contributed by atoms with E-state index < -0.39 is 0 Å². The van der Waals surface area contributed by atoms with Gasteiger partial charge in [-0.3, -0.25) is 5.01 Å². The lowest BCUT2D eigenvalue weighted by molar-refractivity contribution is -0.697. The Morgan fingerprint density at radius 3 is 2.15 bits per heavy atom. The molecule has 1 aromatic heterocycles. The van der Waals surface area contributed by atoms with E-state index in [1.165, 1.54) is 18.5 Å². The summed E-state index contributed by atoms with van der Waals surface area (Å²) in [7, 11) is 1.93. The third-order valence-electron chi connectivity index (χ3n) is 6.76. The van der Waals surface area contributed by atoms with Gasteiger partial charge < -0.3 is 4.90 Å². The number of pyridine rings is 1. The maximum Gasteiger partial charge on any atom is 0.171 e. The number of nitrogens with one attached hydrogen (secondary N) is 1. The van der Waals surface area contributed by atoms with E-state index in [0.717, 1.165) is 61.7 Å². The first-order valence-corrected chi connectivity index (χ1v) is 14.6. The highest BCUT2D eigenvalue weighted by Crippen LogP contribution is 2.21. The van der Waals surface area contributed by atoms with Crippen molar-refractivity contribution in [3.05, 3.63) is 103 Å². The van der Waals surface area contributed by atoms with Crippen molar-refractivity contribution in [1.29, 1.82) is 0 Å². The first kappa shape index (κ1) is 31.1. The summed E-state index contributed by atoms with van der Waals surface area (Å²) >= 11 is 0. The highest BCUT2D eigenvalue weighted by molar-refractivity contribution is 5.88. The monoisotopic (exact) mass is 551 g/mol. The summed E-state index contributed by atoms with van der Waals surface area (Å²) in [6.07, 6.45) is 16.4. The van der Waals surface area contributed by atoms with E-state index >= 15 is 0 Å². The molecular formula is C34H45N7+2. The summed E-state index contributed by atoms with van der Waals surface area (Å²) in [5.74, 6) is 0. The van der Waals surface area contributed by atoms with E-state index in [-0.39, 0.29) is 0 Å². The van der Waals surface area contributed by atoms with Gasteiger partial charge in [-0.05, 0) is 68.7 Å². The number of aryl methyl sites for hydroxylation is 1. The molecule has 0 saturated heterocycles. The predicted octanol–water partition coefficient (Wildman–Crippen LogP) is 6.18. The fourth-order valence-electron chi connectivity index (χ4n) is 4.24. The molecule has 0 radical (unpaired) electrons. The molecule has 0 saturated carbocycles. The number of aromatic nitrogens is 1. The Kier molecular flexibility index (Phi) is 13.7. The van der Waals surface area contributed by atoms with Gasteiger partial charge in [0, 0.05) is 56.9 Å². The number of benzene rings is 2. The fraction of sp³-hybridized carbons (Fsp3) is 0.324. The number of hydrazone groups is 1. The molecule has 0 atom stereocenters. The van der Waals surface area contributed by atoms with Gasteiger partial charge in [-0.2, -0.15) is 15.3 Å². The minimum absolute atomic E-state index is 0.861. The minimum atomic E-state index is 0.861. The van der Waals surface area contributed by atoms with Crippen molar-refractivity contribution in [3.8, 4) is 0 Å². The molecule has 0 aliphatic heterocycles. The standard InChI is InChI=1S/C34H44N7/c1-5-30(29-36-39(4)33-15-11-10-12-16-33)21-25-35-24-13-8-9-14-26-40-27-22-32(23-28-40)38-37-31-17-19-34(20-18-31)41(6-2)7-3/h5,10-12,15-23,25,27-29H,1,6-9,13-14,24,26H2,2-4H3/q+1/p+1/b30-21+,35-25?,36-29-. The zero-order valence-electron chi connectivity index (χ0n) is 24.9. The average Bonchev–Trinajstić information content (AvgIpc) is 3.02. The molecule has 0 amide bonds. The second kappa shape index (κ2) is 18.1. The number of hydrogen-bond acceptors (Lipinski definition) is 5. The molecule has 7 nitrogen and oxygen atoms in total. The first-order valence-electron chi connectivity index (χ1n) is 14.6. The summed E-state index contributed by atoms with van der Waals surface area (Å²) in [6, 6.07) is 22.3. The van der Waals surface area contributed by atoms with Crippen molar-refractivity contribution < 1.29 is 9.56 Å². The van der Waals surface area contributed by atoms with Gasteiger partial charge in [0.15, 0.2) is 18.6 Å². The Balaban J connectivity index is 1.31. The van der Waals surface area contributed by atoms with Crippen molar-refractivity contribution in [2.45, 2.75) is 46.1 Å². The number of para-hydroxylation sites is 1. The highest BCUT2D eigenvalue weighted by atomic mass is 15.4. The maximum atomic E-state index is 4.49. The third-order valence-corrected chi connectivity index (χ3v) is 6.76. The Labute approximate surface area is 246 Å². The maximum absolute atomic E-state index is 4.49. The van der Waals surface area contributed by atoms with E-state index in [0.29, 0.717) is 0 Å². The van der Waals surface area contributed by atoms with Gasteiger partial charge >= 0.3 is 0 Å². The van der Waals surface area contributed by atoms with Crippen LogP contribution in [-0.4, -0.2) is 39.1 Å². The van der Waals surface area contributed by atoms with Gasteiger partial charge in [-0.15, -0.1) is 0 Å². The molecule has 0 aliphatic rings. The van der Waals surface area contributed by atoms with Crippen LogP contribution in [0.1, 0.15) is 39.5 Å². The number of anilines is 2. The Bertz CT molecular complexity index is 1270. The quantitative estimate of drug-likeness (QED) is 0.0544. The summed E-state index contributed by atoms with van der Waals surface area (Å²) in [6.45, 7) is 12.2. The molecular weight excluding hydrogens is 506 g/mol. The van der Waals surface area contributed by atoms with Gasteiger partial charge in [-0.25, -0.2) is 9.56 Å². The molecule has 2 aromatic carbocycles. The smallest absolute Gasteiger partial charge is 0.171 e. The van der Waals surface area contributed by atoms with E-state index in [1.807, 2.05) is 85.2 Å². The van der Waals surface area contributed by atoms with Crippen LogP contribution in [0.3, 0.4) is 0 Å². The van der Waals surface area contributed by atoms with Crippen LogP contribution in [-0.2, 0) is 6.54 Å². The zero-order valence-corrected chi connectivity index (χ0v) is 24.9. The van der Waals surface area contributed by atoms with Gasteiger partial charge in [0.25, 0.3) is 0 Å². The third kappa shape index (κ3) is 11.3. The molecule has 0 bridgehead atoms. The van der Waals surface area contributed by atoms with Crippen LogP contribution in [0.5, 0.6) is 0 Å². The molecule has 214 valence electrons. The van der Waals surface area contributed by atoms with Crippen LogP contribution in [0.15, 0.2) is 119 Å². The highest BCUT2D eigenvalue weighted by Gasteiger charge is 2.03. The van der Waals surface area contributed by atoms with Crippen LogP contribution in [0.4, 0.5) is 22.7 Å². The number of nitrogens with zero attached hydrogens (tertiary/aromatic N) is 6. The molecule has 1 N–H and O–H groups in total. The van der Waals surface area contributed by atoms with Crippen LogP contribution < -0.4 is 19.5 Å². The number of rotatable bonds is 17. The SMILES string of the molecule is C=CC(/C=N\N(C)c1ccccc1)=C\C=[NH+]CCCCCC[n+]1ccc(N=Nc2ccc(N(CC)CC)cc2)cc1. The van der Waals surface area contributed by atoms with Crippen molar-refractivity contribution in [2.75, 3.05) is 36.6 Å². The number of allylic oxidation sites excluding steroid dienone is 3. The molecule has 7 heteroatoms. The van der Waals surface area contributed by atoms with Crippen molar-refractivity contribution in [1.82, 2.24) is 0 Å². The zero-order chi connectivity index (χ0) is 29.1. The van der Waals surface area contributed by atoms with Gasteiger partial charge in [0.1, 0.15) is 13.1 Å². The first-order chi connectivity index (χ1) is 20.1. The molecule has 1 heterocycles. The van der Waals surface area contributed by atoms with Crippen LogP contribution in [0, 0.1) is 0 Å². The lowest BCUT2D eigenvalue weighted by Crippen LogP contribution is -2.68. The molecule has 41 heavy (non-hydrogen) atoms. The summed E-state index contributed by atoms with van der Waals surface area (Å²) in [4.78, 5) is 5.68. The van der Waals surface area contributed by atoms with Gasteiger partial charge in [-0.1, -0.05) is 30.9 Å². The largest absolute Gasteiger partial charge is 0.372 e. The van der Waals surface area contributed by atoms with E-state index in [9.17, 15) is 0 Å². The Hall–Kier alpha value is -4.39. The van der Waals surface area contributed by atoms with Crippen molar-refractivity contribution >= 4 is 35.2 Å². The molecule has 3 aromatic rings. The molecule has 0 aliphatic carbocycles. The Morgan fingerprint density at radius 1 is 0.829 bits per heavy atom. The second-order valence-corrected chi connectivity index (χ2v) is 9.69. The van der Waals surface area contributed by atoms with Crippen LogP contribution >= 0.6 is 0 Å². The molecule has 0 spiro atoms. The van der Waals surface area contributed by atoms with E-state index in [1.54, 1.807) is 6.08 Å². The van der Waals surface area contributed by atoms with Crippen LogP contribution in [0.25, 0.3) is 0 Å². The van der Waals surface area contributed by atoms with Gasteiger partial charge in [0.05, 0.1) is 23.3 Å². The fourth-order valence-corrected chi connectivity index (χ4v) is 4.24. The summed E-state index contributed by atoms with van der Waals surface area (Å²) < 4.78 is 2.21. The second-order valence-electron chi connectivity index (χ2n) is 9.69. The summed E-state index contributed by atoms with van der Waals surface area (Å²) in [5.41, 5.74) is 4.93. The average molecular weight is 552 g/mol. The van der Waals surface area contributed by atoms with Crippen LogP contribution in [0.2, 0.25) is 0 Å². The molecule has 3 rings (SSSR count). The number of azo groups is 1. The van der Waals surface area contributed by atoms with Crippen molar-refractivity contribution in [2.24, 2.45) is 15.3 Å². The molecule has 0 fully saturated rings. The van der Waals surface area contributed by atoms with Crippen molar-refractivity contribution in [3.63, 3.8) is 0 Å². The van der Waals surface area contributed by atoms with E-state index in [4.69, 9.17) is 0 Å². The number of hydrogen-bond donors (Lipinski definition) is 1. The Morgan fingerprint density at radius 2 is 1.49 bits per heavy atom. The lowest BCUT2D eigenvalue weighted by atomic mass is 10.2. The normalized spacial score (nSPS) is 12.0. The minimum Gasteiger partial charge on any atom is -0.372 e. The lowest BCUT2D eigenvalue weighted by Gasteiger charge is -2.20. The van der Waals surface area contributed by atoms with Gasteiger partial charge in [0.2, 0.25) is 0 Å². The molecule has 0 unspecified atom stereocenters. The summed E-state index contributed by atoms with van der Waals surface area (Å²) in [5, 5.41) is 15.1. The predicted molar refractivity (Wildman–Crippen MR) is 173 cm³/mol. The number of unbranched alkanes of at least 4 members (excludes halogenated alkanes) is 3.